The third-order valence-electron chi connectivity index (χ3n) is 1.41. The van der Waals surface area contributed by atoms with Crippen LogP contribution in [0.2, 0.25) is 0 Å². The quantitative estimate of drug-likeness (QED) is 0.434. The summed E-state index contributed by atoms with van der Waals surface area (Å²) in [6, 6.07) is 0. The molecule has 0 aromatic heterocycles. The molecule has 0 unspecified atom stereocenters. The first kappa shape index (κ1) is 4.67. The van der Waals surface area contributed by atoms with Gasteiger partial charge >= 0.3 is 0 Å². The fraction of sp³-hybridized carbons (Fsp3) is 0.667. The van der Waals surface area contributed by atoms with Crippen molar-refractivity contribution < 1.29 is 5.11 Å². The minimum absolute atomic E-state index is 0.733. The van der Waals surface area contributed by atoms with Crippen LogP contribution in [0.1, 0.15) is 19.3 Å². The number of hydrogen-bond donors (Lipinski definition) is 1. The summed E-state index contributed by atoms with van der Waals surface area (Å²) in [7, 11) is 0. The minimum atomic E-state index is -0.819. The Bertz CT molecular complexity index is 106. The van der Waals surface area contributed by atoms with Crippen LogP contribution in [0, 0.1) is 12.3 Å². The first-order chi connectivity index (χ1) is 3.27. The van der Waals surface area contributed by atoms with Gasteiger partial charge in [0, 0.05) is 0 Å². The van der Waals surface area contributed by atoms with Gasteiger partial charge in [-0.1, -0.05) is 5.92 Å². The molecule has 0 aromatic rings. The topological polar surface area (TPSA) is 20.2 Å². The molecule has 0 amide bonds. The average molecular weight is 95.1 g/mol. The van der Waals surface area contributed by atoms with Crippen LogP contribution < -0.4 is 0 Å². The zero-order valence-corrected chi connectivity index (χ0v) is 4.07. The SMILES string of the molecule is [C]#CC1(O)CCC1. The van der Waals surface area contributed by atoms with Crippen molar-refractivity contribution in [2.45, 2.75) is 24.9 Å². The molecular formula is C6H7O. The smallest absolute Gasteiger partial charge is 0.126 e. The molecule has 1 radical (unpaired) electrons. The second kappa shape index (κ2) is 1.24. The summed E-state index contributed by atoms with van der Waals surface area (Å²) in [6.07, 6.45) is 9.07. The molecule has 0 spiro atoms. The Morgan fingerprint density at radius 3 is 2.14 bits per heavy atom. The van der Waals surface area contributed by atoms with Gasteiger partial charge in [0.05, 0.1) is 0 Å². The van der Waals surface area contributed by atoms with Gasteiger partial charge in [-0.2, -0.15) is 0 Å². The Balaban J connectivity index is 2.48. The highest BCUT2D eigenvalue weighted by Gasteiger charge is 2.31. The second-order valence-electron chi connectivity index (χ2n) is 2.01. The van der Waals surface area contributed by atoms with E-state index in [1.807, 2.05) is 0 Å². The van der Waals surface area contributed by atoms with Crippen molar-refractivity contribution in [2.24, 2.45) is 0 Å². The Morgan fingerprint density at radius 2 is 2.14 bits per heavy atom. The first-order valence-electron chi connectivity index (χ1n) is 2.43. The van der Waals surface area contributed by atoms with Crippen LogP contribution in [0.5, 0.6) is 0 Å². The molecule has 1 nitrogen and oxygen atoms in total. The lowest BCUT2D eigenvalue weighted by molar-refractivity contribution is 0.0238. The summed E-state index contributed by atoms with van der Waals surface area (Å²) in [5.74, 6) is 2.08. The molecule has 1 heteroatoms. The van der Waals surface area contributed by atoms with E-state index in [0.29, 0.717) is 0 Å². The molecule has 1 N–H and O–H groups in total. The van der Waals surface area contributed by atoms with Crippen LogP contribution >= 0.6 is 0 Å². The van der Waals surface area contributed by atoms with E-state index < -0.39 is 5.60 Å². The maximum Gasteiger partial charge on any atom is 0.126 e. The highest BCUT2D eigenvalue weighted by atomic mass is 16.3. The van der Waals surface area contributed by atoms with Crippen molar-refractivity contribution >= 4 is 0 Å². The van der Waals surface area contributed by atoms with Crippen LogP contribution in [-0.4, -0.2) is 10.7 Å². The van der Waals surface area contributed by atoms with Crippen molar-refractivity contribution in [3.05, 3.63) is 6.42 Å². The Labute approximate surface area is 43.4 Å². The van der Waals surface area contributed by atoms with E-state index in [1.165, 1.54) is 0 Å². The molecule has 7 heavy (non-hydrogen) atoms. The molecule has 0 heterocycles. The van der Waals surface area contributed by atoms with E-state index in [0.717, 1.165) is 19.3 Å². The van der Waals surface area contributed by atoms with Crippen LogP contribution in [-0.2, 0) is 0 Å². The summed E-state index contributed by atoms with van der Waals surface area (Å²) < 4.78 is 0. The third-order valence-corrected chi connectivity index (χ3v) is 1.41. The summed E-state index contributed by atoms with van der Waals surface area (Å²) in [4.78, 5) is 0. The summed E-state index contributed by atoms with van der Waals surface area (Å²) in [5, 5.41) is 8.92. The van der Waals surface area contributed by atoms with Crippen LogP contribution in [0.4, 0.5) is 0 Å². The molecule has 0 atom stereocenters. The minimum Gasteiger partial charge on any atom is -0.378 e. The Kier molecular flexibility index (Phi) is 0.831. The van der Waals surface area contributed by atoms with E-state index in [9.17, 15) is 0 Å². The average Bonchev–Trinajstić information content (AvgIpc) is 1.61. The maximum absolute atomic E-state index is 8.92. The number of aliphatic hydroxyl groups is 1. The predicted molar refractivity (Wildman–Crippen MR) is 25.9 cm³/mol. The maximum atomic E-state index is 8.92. The molecule has 0 aliphatic heterocycles. The molecule has 37 valence electrons. The van der Waals surface area contributed by atoms with Crippen LogP contribution in [0.3, 0.4) is 0 Å². The van der Waals surface area contributed by atoms with Gasteiger partial charge in [-0.25, -0.2) is 0 Å². The van der Waals surface area contributed by atoms with E-state index >= 15 is 0 Å². The molecular weight excluding hydrogens is 88.1 g/mol. The van der Waals surface area contributed by atoms with Gasteiger partial charge < -0.3 is 5.11 Å². The molecule has 1 saturated carbocycles. The lowest BCUT2D eigenvalue weighted by atomic mass is 9.81. The molecule has 0 bridgehead atoms. The standard InChI is InChI=1S/C6H7O/c1-2-6(7)4-3-5-6/h7H,3-5H2. The Hall–Kier alpha value is -0.480. The highest BCUT2D eigenvalue weighted by molar-refractivity contribution is 5.08. The van der Waals surface area contributed by atoms with Gasteiger partial charge in [-0.05, 0) is 25.7 Å². The number of rotatable bonds is 0. The van der Waals surface area contributed by atoms with Gasteiger partial charge in [0.25, 0.3) is 0 Å². The van der Waals surface area contributed by atoms with Crippen LogP contribution in [0.25, 0.3) is 0 Å². The fourth-order valence-corrected chi connectivity index (χ4v) is 0.637. The third kappa shape index (κ3) is 0.618. The van der Waals surface area contributed by atoms with Crippen molar-refractivity contribution in [1.82, 2.24) is 0 Å². The first-order valence-corrected chi connectivity index (χ1v) is 2.43. The zero-order chi connectivity index (χ0) is 5.33. The van der Waals surface area contributed by atoms with E-state index in [2.05, 4.69) is 5.92 Å². The van der Waals surface area contributed by atoms with Gasteiger partial charge in [0.15, 0.2) is 0 Å². The lowest BCUT2D eigenvalue weighted by Crippen LogP contribution is -2.34. The van der Waals surface area contributed by atoms with Crippen LogP contribution in [0.15, 0.2) is 0 Å². The fourth-order valence-electron chi connectivity index (χ4n) is 0.637. The molecule has 1 fully saturated rings. The predicted octanol–water partition coefficient (Wildman–Crippen LogP) is 0.491. The summed E-state index contributed by atoms with van der Waals surface area (Å²) in [5.41, 5.74) is -0.819. The summed E-state index contributed by atoms with van der Waals surface area (Å²) in [6.45, 7) is 0. The van der Waals surface area contributed by atoms with E-state index in [-0.39, 0.29) is 0 Å². The Morgan fingerprint density at radius 1 is 1.57 bits per heavy atom. The largest absolute Gasteiger partial charge is 0.378 e. The monoisotopic (exact) mass is 95.0 g/mol. The van der Waals surface area contributed by atoms with E-state index in [1.54, 1.807) is 0 Å². The molecule has 1 rings (SSSR count). The van der Waals surface area contributed by atoms with Gasteiger partial charge in [-0.3, -0.25) is 0 Å². The molecule has 0 saturated heterocycles. The molecule has 1 aliphatic carbocycles. The normalized spacial score (nSPS) is 25.1. The second-order valence-corrected chi connectivity index (χ2v) is 2.01. The summed E-state index contributed by atoms with van der Waals surface area (Å²) >= 11 is 0. The van der Waals surface area contributed by atoms with Crippen molar-refractivity contribution in [1.29, 1.82) is 0 Å². The van der Waals surface area contributed by atoms with Crippen molar-refractivity contribution in [3.63, 3.8) is 0 Å². The zero-order valence-electron chi connectivity index (χ0n) is 4.07. The van der Waals surface area contributed by atoms with Gasteiger partial charge in [0.2, 0.25) is 0 Å². The molecule has 1 aliphatic rings. The van der Waals surface area contributed by atoms with E-state index in [4.69, 9.17) is 11.5 Å². The number of hydrogen-bond acceptors (Lipinski definition) is 1. The van der Waals surface area contributed by atoms with Crippen molar-refractivity contribution in [2.75, 3.05) is 0 Å². The van der Waals surface area contributed by atoms with Crippen molar-refractivity contribution in [3.8, 4) is 5.92 Å². The van der Waals surface area contributed by atoms with Gasteiger partial charge in [-0.15, -0.1) is 0 Å². The molecule has 0 aromatic carbocycles. The van der Waals surface area contributed by atoms with Gasteiger partial charge in [0.1, 0.15) is 5.60 Å². The lowest BCUT2D eigenvalue weighted by Gasteiger charge is -2.30. The highest BCUT2D eigenvalue weighted by Crippen LogP contribution is 2.29.